The second-order valence-corrected chi connectivity index (χ2v) is 9.50. The molecular formula is C35H51F2N5O2. The number of piperazine rings is 1. The molecule has 0 unspecified atom stereocenters. The van der Waals surface area contributed by atoms with Crippen LogP contribution in [0.4, 0.5) is 8.78 Å². The number of nitrogens with one attached hydrogen (secondary N) is 1. The predicted molar refractivity (Wildman–Crippen MR) is 177 cm³/mol. The van der Waals surface area contributed by atoms with E-state index in [0.717, 1.165) is 50.4 Å². The van der Waals surface area contributed by atoms with Gasteiger partial charge in [0.1, 0.15) is 12.4 Å². The van der Waals surface area contributed by atoms with Gasteiger partial charge in [-0.25, -0.2) is 9.97 Å². The Balaban J connectivity index is 0.000000844. The number of carbonyl (C=O) groups excluding carboxylic acids is 1. The molecule has 9 heteroatoms. The highest BCUT2D eigenvalue weighted by Gasteiger charge is 2.12. The van der Waals surface area contributed by atoms with E-state index in [1.54, 1.807) is 25.1 Å². The van der Waals surface area contributed by atoms with Gasteiger partial charge in [-0.1, -0.05) is 78.8 Å². The van der Waals surface area contributed by atoms with E-state index >= 15 is 0 Å². The third kappa shape index (κ3) is 17.4. The first kappa shape index (κ1) is 40.3. The van der Waals surface area contributed by atoms with Crippen LogP contribution < -0.4 is 10.1 Å². The van der Waals surface area contributed by atoms with Gasteiger partial charge < -0.3 is 10.1 Å². The number of aromatic nitrogens is 3. The zero-order chi connectivity index (χ0) is 33.3. The number of benzene rings is 1. The summed E-state index contributed by atoms with van der Waals surface area (Å²) < 4.78 is 32.0. The lowest BCUT2D eigenvalue weighted by Gasteiger charge is -2.26. The van der Waals surface area contributed by atoms with Crippen molar-refractivity contribution in [2.45, 2.75) is 68.2 Å². The molecular weight excluding hydrogens is 560 g/mol. The number of Topliss-reactive ketones (excluding diaryl/α,β-unsaturated/α-hetero) is 1. The third-order valence-corrected chi connectivity index (χ3v) is 5.75. The quantitative estimate of drug-likeness (QED) is 0.170. The molecule has 7 nitrogen and oxygen atoms in total. The summed E-state index contributed by atoms with van der Waals surface area (Å²) >= 11 is 0. The number of pyridine rings is 1. The first-order valence-corrected chi connectivity index (χ1v) is 15.5. The van der Waals surface area contributed by atoms with Crippen LogP contribution in [-0.2, 0) is 17.6 Å². The minimum atomic E-state index is -0.614. The van der Waals surface area contributed by atoms with E-state index < -0.39 is 11.9 Å². The Bertz CT molecular complexity index is 1220. The van der Waals surface area contributed by atoms with Gasteiger partial charge in [-0.05, 0) is 36.6 Å². The van der Waals surface area contributed by atoms with Crippen LogP contribution in [0.5, 0.6) is 6.01 Å². The Labute approximate surface area is 263 Å². The topological polar surface area (TPSA) is 80.2 Å². The maximum Gasteiger partial charge on any atom is 0.319 e. The van der Waals surface area contributed by atoms with Crippen LogP contribution in [0.25, 0.3) is 11.1 Å². The third-order valence-electron chi connectivity index (χ3n) is 5.75. The minimum Gasteiger partial charge on any atom is -0.462 e. The number of aryl methyl sites for hydroxylation is 1. The maximum absolute atomic E-state index is 14.3. The summed E-state index contributed by atoms with van der Waals surface area (Å²) in [6, 6.07) is 12.0. The average molecular weight is 612 g/mol. The summed E-state index contributed by atoms with van der Waals surface area (Å²) in [7, 11) is 0. The average Bonchev–Trinajstić information content (AvgIpc) is 3.04. The molecule has 1 aromatic carbocycles. The maximum atomic E-state index is 14.3. The van der Waals surface area contributed by atoms with Crippen LogP contribution in [0, 0.1) is 30.2 Å². The Hall–Kier alpha value is -3.74. The Morgan fingerprint density at radius 3 is 2.14 bits per heavy atom. The summed E-state index contributed by atoms with van der Waals surface area (Å²) in [6.45, 7) is 20.6. The van der Waals surface area contributed by atoms with Crippen molar-refractivity contribution in [3.8, 4) is 29.5 Å². The Morgan fingerprint density at radius 2 is 1.66 bits per heavy atom. The second-order valence-electron chi connectivity index (χ2n) is 9.50. The van der Waals surface area contributed by atoms with Gasteiger partial charge in [0, 0.05) is 57.0 Å². The van der Waals surface area contributed by atoms with Crippen molar-refractivity contribution in [2.24, 2.45) is 5.92 Å². The highest BCUT2D eigenvalue weighted by Crippen LogP contribution is 2.23. The molecule has 1 N–H and O–H groups in total. The van der Waals surface area contributed by atoms with Crippen LogP contribution in [0.15, 0.2) is 48.7 Å². The molecule has 0 aliphatic carbocycles. The van der Waals surface area contributed by atoms with Gasteiger partial charge in [0.15, 0.2) is 0 Å². The molecule has 3 heterocycles. The van der Waals surface area contributed by atoms with Crippen molar-refractivity contribution < 1.29 is 18.3 Å². The zero-order valence-corrected chi connectivity index (χ0v) is 27.8. The SMILES string of the molecule is C#CC(C)C.CC.CC.CC(=O)Cc1ccc(-c2cnc(OCCN3CCNCC3)nc2F)cc1.CCc1cccc(F)n1. The molecule has 1 aliphatic heterocycles. The lowest BCUT2D eigenvalue weighted by Crippen LogP contribution is -2.44. The number of nitrogens with zero attached hydrogens (tertiary/aromatic N) is 4. The van der Waals surface area contributed by atoms with E-state index in [0.29, 0.717) is 30.1 Å². The number of halogens is 2. The minimum absolute atomic E-state index is 0.0505. The van der Waals surface area contributed by atoms with Gasteiger partial charge in [0.05, 0.1) is 5.56 Å². The lowest BCUT2D eigenvalue weighted by molar-refractivity contribution is -0.116. The van der Waals surface area contributed by atoms with Gasteiger partial charge in [-0.3, -0.25) is 9.69 Å². The normalized spacial score (nSPS) is 12.0. The number of carbonyl (C=O) groups is 1. The van der Waals surface area contributed by atoms with Gasteiger partial charge in [-0.2, -0.15) is 13.8 Å². The number of hydrogen-bond donors (Lipinski definition) is 1. The predicted octanol–water partition coefficient (Wildman–Crippen LogP) is 6.81. The summed E-state index contributed by atoms with van der Waals surface area (Å²) in [5.74, 6) is 2.02. The smallest absolute Gasteiger partial charge is 0.319 e. The molecule has 0 spiro atoms. The van der Waals surface area contributed by atoms with Crippen molar-refractivity contribution in [1.82, 2.24) is 25.2 Å². The Morgan fingerprint density at radius 1 is 1.05 bits per heavy atom. The van der Waals surface area contributed by atoms with E-state index in [-0.39, 0.29) is 11.8 Å². The van der Waals surface area contributed by atoms with Crippen LogP contribution in [0.3, 0.4) is 0 Å². The molecule has 3 aromatic rings. The summed E-state index contributed by atoms with van der Waals surface area (Å²) in [5, 5.41) is 3.29. The molecule has 1 saturated heterocycles. The summed E-state index contributed by atoms with van der Waals surface area (Å²) in [4.78, 5) is 25.0. The molecule has 4 rings (SSSR count). The first-order chi connectivity index (χ1) is 21.2. The van der Waals surface area contributed by atoms with Crippen molar-refractivity contribution in [3.63, 3.8) is 0 Å². The van der Waals surface area contributed by atoms with E-state index in [1.165, 1.54) is 12.3 Å². The van der Waals surface area contributed by atoms with Crippen molar-refractivity contribution >= 4 is 5.78 Å². The number of ketones is 1. The molecule has 0 radical (unpaired) electrons. The first-order valence-electron chi connectivity index (χ1n) is 15.5. The molecule has 242 valence electrons. The number of rotatable bonds is 8. The fourth-order valence-electron chi connectivity index (χ4n) is 3.55. The van der Waals surface area contributed by atoms with Gasteiger partial charge in [0.2, 0.25) is 11.9 Å². The van der Waals surface area contributed by atoms with Crippen LogP contribution in [-0.4, -0.2) is 65.0 Å². The van der Waals surface area contributed by atoms with Crippen LogP contribution in [0.2, 0.25) is 0 Å². The molecule has 2 aromatic heterocycles. The van der Waals surface area contributed by atoms with Gasteiger partial charge in [-0.15, -0.1) is 12.3 Å². The highest BCUT2D eigenvalue weighted by atomic mass is 19.1. The highest BCUT2D eigenvalue weighted by molar-refractivity contribution is 5.78. The molecule has 0 atom stereocenters. The van der Waals surface area contributed by atoms with Gasteiger partial charge in [0.25, 0.3) is 0 Å². The number of terminal acetylenes is 1. The fraction of sp³-hybridized carbons (Fsp3) is 0.486. The summed E-state index contributed by atoms with van der Waals surface area (Å²) in [6.07, 6.45) is 7.52. The van der Waals surface area contributed by atoms with E-state index in [1.807, 2.05) is 66.7 Å². The summed E-state index contributed by atoms with van der Waals surface area (Å²) in [5.41, 5.74) is 2.68. The van der Waals surface area contributed by atoms with Crippen LogP contribution in [0.1, 0.15) is 66.6 Å². The monoisotopic (exact) mass is 611 g/mol. The van der Waals surface area contributed by atoms with Crippen molar-refractivity contribution in [2.75, 3.05) is 39.3 Å². The molecule has 44 heavy (non-hydrogen) atoms. The Kier molecular flexibility index (Phi) is 22.6. The van der Waals surface area contributed by atoms with E-state index in [9.17, 15) is 13.6 Å². The van der Waals surface area contributed by atoms with Crippen molar-refractivity contribution in [3.05, 3.63) is 71.8 Å². The molecule has 0 saturated carbocycles. The lowest BCUT2D eigenvalue weighted by atomic mass is 10.0. The van der Waals surface area contributed by atoms with Crippen molar-refractivity contribution in [1.29, 1.82) is 0 Å². The number of hydrogen-bond acceptors (Lipinski definition) is 7. The molecule has 1 fully saturated rings. The molecule has 0 amide bonds. The number of ether oxygens (including phenoxy) is 1. The van der Waals surface area contributed by atoms with Gasteiger partial charge >= 0.3 is 6.01 Å². The van der Waals surface area contributed by atoms with E-state index in [2.05, 4.69) is 31.1 Å². The zero-order valence-electron chi connectivity index (χ0n) is 27.8. The largest absolute Gasteiger partial charge is 0.462 e. The van der Waals surface area contributed by atoms with Crippen LogP contribution >= 0.6 is 0 Å². The fourth-order valence-corrected chi connectivity index (χ4v) is 3.55. The second kappa shape index (κ2) is 24.7. The molecule has 0 bridgehead atoms. The van der Waals surface area contributed by atoms with E-state index in [4.69, 9.17) is 11.2 Å². The molecule has 1 aliphatic rings. The standard InChI is InChI=1S/C19H23FN4O2.C7H8FN.C5H8.2C2H6/c1-14(25)12-15-2-4-16(5-3-15)17-13-22-19(23-18(17)20)26-11-10-24-8-6-21-7-9-24;1-2-6-4-3-5-7(8)9-6;1-4-5(2)3;2*1-2/h2-5,13,21H,6-12H2,1H3;3-5H,2H2,1H3;1,5H,2-3H3;2*1-2H3.